The molecule has 1 rings (SSSR count). The summed E-state index contributed by atoms with van der Waals surface area (Å²) in [5.74, 6) is -0.912. The second-order valence-corrected chi connectivity index (χ2v) is 3.22. The predicted octanol–water partition coefficient (Wildman–Crippen LogP) is -0.132. The van der Waals surface area contributed by atoms with Crippen molar-refractivity contribution in [3.63, 3.8) is 0 Å². The number of hydrogen-bond donors (Lipinski definition) is 2. The van der Waals surface area contributed by atoms with Crippen LogP contribution >= 0.6 is 0 Å². The van der Waals surface area contributed by atoms with E-state index in [-0.39, 0.29) is 0 Å². The number of hydrazone groups is 1. The molecule has 0 aromatic heterocycles. The van der Waals surface area contributed by atoms with Crippen molar-refractivity contribution in [2.24, 2.45) is 10.8 Å². The number of carboxylic acids is 1. The van der Waals surface area contributed by atoms with E-state index < -0.39 is 18.1 Å². The number of aliphatic carboxylic acids is 1. The van der Waals surface area contributed by atoms with Crippen molar-refractivity contribution in [3.05, 3.63) is 0 Å². The van der Waals surface area contributed by atoms with Gasteiger partial charge in [-0.25, -0.2) is 4.79 Å². The van der Waals surface area contributed by atoms with Gasteiger partial charge in [-0.3, -0.25) is 5.01 Å². The van der Waals surface area contributed by atoms with E-state index in [0.29, 0.717) is 0 Å². The zero-order valence-electron chi connectivity index (χ0n) is 7.90. The van der Waals surface area contributed by atoms with Crippen LogP contribution in [0.25, 0.3) is 0 Å². The molecule has 74 valence electrons. The molecule has 0 radical (unpaired) electrons. The summed E-state index contributed by atoms with van der Waals surface area (Å²) in [4.78, 5) is 10.8. The van der Waals surface area contributed by atoms with Crippen LogP contribution in [0.5, 0.6) is 0 Å². The highest BCUT2D eigenvalue weighted by Crippen LogP contribution is 2.15. The lowest BCUT2D eigenvalue weighted by atomic mass is 10.0. The topological polar surface area (TPSA) is 78.9 Å². The molecule has 0 aliphatic carbocycles. The van der Waals surface area contributed by atoms with E-state index in [1.165, 1.54) is 5.01 Å². The van der Waals surface area contributed by atoms with Gasteiger partial charge in [0.15, 0.2) is 6.04 Å². The average molecular weight is 185 g/mol. The van der Waals surface area contributed by atoms with Gasteiger partial charge in [0, 0.05) is 7.05 Å². The van der Waals surface area contributed by atoms with Gasteiger partial charge in [0.2, 0.25) is 0 Å². The highest BCUT2D eigenvalue weighted by molar-refractivity contribution is 5.96. The van der Waals surface area contributed by atoms with E-state index in [2.05, 4.69) is 5.10 Å². The number of nitrogens with zero attached hydrogens (tertiary/aromatic N) is 2. The molecule has 5 nitrogen and oxygen atoms in total. The highest BCUT2D eigenvalue weighted by Gasteiger charge is 2.37. The highest BCUT2D eigenvalue weighted by atomic mass is 16.4. The third kappa shape index (κ3) is 1.80. The third-order valence-corrected chi connectivity index (χ3v) is 2.17. The molecule has 3 N–H and O–H groups in total. The molecular formula is C8H15N3O2. The van der Waals surface area contributed by atoms with Gasteiger partial charge < -0.3 is 10.8 Å². The fourth-order valence-electron chi connectivity index (χ4n) is 1.53. The van der Waals surface area contributed by atoms with Crippen LogP contribution in [0.4, 0.5) is 0 Å². The molecule has 0 amide bonds. The van der Waals surface area contributed by atoms with Crippen LogP contribution in [-0.4, -0.2) is 40.9 Å². The molecule has 0 aromatic rings. The van der Waals surface area contributed by atoms with Crippen molar-refractivity contribution < 1.29 is 9.90 Å². The Hall–Kier alpha value is -1.10. The molecule has 0 saturated carbocycles. The van der Waals surface area contributed by atoms with Crippen LogP contribution in [-0.2, 0) is 4.79 Å². The molecule has 1 aliphatic heterocycles. The van der Waals surface area contributed by atoms with Crippen molar-refractivity contribution in [1.82, 2.24) is 5.01 Å². The smallest absolute Gasteiger partial charge is 0.330 e. The summed E-state index contributed by atoms with van der Waals surface area (Å²) in [6, 6.07) is -1.15. The van der Waals surface area contributed by atoms with Crippen LogP contribution in [0.2, 0.25) is 0 Å². The van der Waals surface area contributed by atoms with Gasteiger partial charge in [-0.2, -0.15) is 5.10 Å². The first-order chi connectivity index (χ1) is 6.07. The molecule has 2 atom stereocenters. The fourth-order valence-corrected chi connectivity index (χ4v) is 1.53. The zero-order valence-corrected chi connectivity index (χ0v) is 7.90. The SMILES string of the molecule is CCCC1=NN(C)C(C(=O)O)C1N. The fraction of sp³-hybridized carbons (Fsp3) is 0.750. The molecule has 0 fully saturated rings. The summed E-state index contributed by atoms with van der Waals surface area (Å²) in [5, 5.41) is 14.4. The van der Waals surface area contributed by atoms with Gasteiger partial charge in [-0.15, -0.1) is 0 Å². The van der Waals surface area contributed by atoms with Gasteiger partial charge in [0.1, 0.15) is 0 Å². The lowest BCUT2D eigenvalue weighted by Gasteiger charge is -2.17. The molecule has 13 heavy (non-hydrogen) atoms. The Morgan fingerprint density at radius 3 is 2.77 bits per heavy atom. The standard InChI is InChI=1S/C8H15N3O2/c1-3-4-5-6(9)7(8(12)13)11(2)10-5/h6-7H,3-4,9H2,1-2H3,(H,12,13). The maximum atomic E-state index is 10.8. The minimum Gasteiger partial charge on any atom is -0.480 e. The largest absolute Gasteiger partial charge is 0.480 e. The second-order valence-electron chi connectivity index (χ2n) is 3.22. The van der Waals surface area contributed by atoms with E-state index in [9.17, 15) is 4.79 Å². The minimum atomic E-state index is -0.912. The number of carboxylic acid groups (broad SMARTS) is 1. The second kappa shape index (κ2) is 3.74. The van der Waals surface area contributed by atoms with E-state index in [1.54, 1.807) is 7.05 Å². The first-order valence-electron chi connectivity index (χ1n) is 4.36. The van der Waals surface area contributed by atoms with E-state index in [4.69, 9.17) is 10.8 Å². The molecule has 2 unspecified atom stereocenters. The first kappa shape index (κ1) is 9.98. The van der Waals surface area contributed by atoms with Gasteiger partial charge in [0.05, 0.1) is 11.8 Å². The van der Waals surface area contributed by atoms with E-state index in [0.717, 1.165) is 18.6 Å². The molecule has 0 saturated heterocycles. The Bertz CT molecular complexity index is 240. The van der Waals surface area contributed by atoms with Gasteiger partial charge >= 0.3 is 5.97 Å². The number of likely N-dealkylation sites (N-methyl/N-ethyl adjacent to an activating group) is 1. The van der Waals surface area contributed by atoms with Crippen molar-refractivity contribution in [2.75, 3.05) is 7.05 Å². The Balaban J connectivity index is 2.73. The Labute approximate surface area is 77.2 Å². The van der Waals surface area contributed by atoms with Crippen molar-refractivity contribution in [3.8, 4) is 0 Å². The molecule has 0 bridgehead atoms. The minimum absolute atomic E-state index is 0.456. The van der Waals surface area contributed by atoms with Crippen LogP contribution in [0, 0.1) is 0 Å². The number of nitrogens with two attached hydrogens (primary N) is 1. The molecule has 1 aliphatic rings. The first-order valence-corrected chi connectivity index (χ1v) is 4.36. The Morgan fingerprint density at radius 1 is 1.77 bits per heavy atom. The summed E-state index contributed by atoms with van der Waals surface area (Å²) in [5.41, 5.74) is 6.54. The maximum absolute atomic E-state index is 10.8. The number of carbonyl (C=O) groups is 1. The number of rotatable bonds is 3. The molecular weight excluding hydrogens is 170 g/mol. The Morgan fingerprint density at radius 2 is 2.38 bits per heavy atom. The molecule has 0 aromatic carbocycles. The van der Waals surface area contributed by atoms with Crippen molar-refractivity contribution in [2.45, 2.75) is 31.8 Å². The third-order valence-electron chi connectivity index (χ3n) is 2.17. The van der Waals surface area contributed by atoms with Crippen LogP contribution in [0.15, 0.2) is 5.10 Å². The van der Waals surface area contributed by atoms with E-state index in [1.807, 2.05) is 6.92 Å². The van der Waals surface area contributed by atoms with Crippen LogP contribution in [0.3, 0.4) is 0 Å². The average Bonchev–Trinajstić information content (AvgIpc) is 2.28. The lowest BCUT2D eigenvalue weighted by Crippen LogP contribution is -2.47. The summed E-state index contributed by atoms with van der Waals surface area (Å²) in [7, 11) is 1.64. The quantitative estimate of drug-likeness (QED) is 0.642. The van der Waals surface area contributed by atoms with Gasteiger partial charge in [0.25, 0.3) is 0 Å². The predicted molar refractivity (Wildman–Crippen MR) is 49.5 cm³/mol. The molecule has 1 heterocycles. The van der Waals surface area contributed by atoms with E-state index >= 15 is 0 Å². The molecule has 5 heteroatoms. The molecule has 0 spiro atoms. The van der Waals surface area contributed by atoms with Crippen molar-refractivity contribution in [1.29, 1.82) is 0 Å². The van der Waals surface area contributed by atoms with Gasteiger partial charge in [-0.05, 0) is 6.42 Å². The van der Waals surface area contributed by atoms with Crippen LogP contribution < -0.4 is 5.73 Å². The zero-order chi connectivity index (χ0) is 10.0. The number of hydrogen-bond acceptors (Lipinski definition) is 4. The van der Waals surface area contributed by atoms with Crippen LogP contribution in [0.1, 0.15) is 19.8 Å². The summed E-state index contributed by atoms with van der Waals surface area (Å²) in [6.45, 7) is 2.02. The summed E-state index contributed by atoms with van der Waals surface area (Å²) >= 11 is 0. The normalized spacial score (nSPS) is 27.6. The maximum Gasteiger partial charge on any atom is 0.330 e. The van der Waals surface area contributed by atoms with Gasteiger partial charge in [-0.1, -0.05) is 13.3 Å². The summed E-state index contributed by atoms with van der Waals surface area (Å²) in [6.07, 6.45) is 1.71. The monoisotopic (exact) mass is 185 g/mol. The Kier molecular flexibility index (Phi) is 2.87. The lowest BCUT2D eigenvalue weighted by molar-refractivity contribution is -0.142. The van der Waals surface area contributed by atoms with Crippen molar-refractivity contribution >= 4 is 11.7 Å². The summed E-state index contributed by atoms with van der Waals surface area (Å²) < 4.78 is 0.